The molecule has 16 heavy (non-hydrogen) atoms. The predicted molar refractivity (Wildman–Crippen MR) is 68.5 cm³/mol. The average molecular weight is 213 g/mol. The van der Waals surface area contributed by atoms with Crippen molar-refractivity contribution in [3.05, 3.63) is 41.1 Å². The van der Waals surface area contributed by atoms with Crippen molar-refractivity contribution in [1.29, 1.82) is 0 Å². The number of fused-ring (bicyclic) bond motifs is 1. The molecule has 1 aliphatic carbocycles. The Hall–Kier alpha value is -1.24. The maximum atomic E-state index is 3.65. The molecule has 0 atom stereocenters. The largest absolute Gasteiger partial charge is 0.359 e. The molecule has 0 saturated heterocycles. The molecule has 0 bridgehead atoms. The first-order valence-corrected chi connectivity index (χ1v) is 6.49. The number of nitrogens with one attached hydrogen (secondary N) is 1. The number of hydrogen-bond acceptors (Lipinski definition) is 1. The average Bonchev–Trinajstić information content (AvgIpc) is 2.29. The zero-order valence-electron chi connectivity index (χ0n) is 9.76. The lowest BCUT2D eigenvalue weighted by molar-refractivity contribution is 0.604. The summed E-state index contributed by atoms with van der Waals surface area (Å²) in [5, 5.41) is 3.65. The number of hydrogen-bond donors (Lipinski definition) is 1. The van der Waals surface area contributed by atoms with E-state index in [1.807, 2.05) is 0 Å². The van der Waals surface area contributed by atoms with Crippen LogP contribution in [0.4, 0.5) is 5.69 Å². The van der Waals surface area contributed by atoms with Gasteiger partial charge in [-0.3, -0.25) is 0 Å². The van der Waals surface area contributed by atoms with E-state index in [1.165, 1.54) is 61.9 Å². The minimum atomic E-state index is 1.18. The molecule has 84 valence electrons. The molecule has 2 aliphatic rings. The van der Waals surface area contributed by atoms with Gasteiger partial charge in [0.25, 0.3) is 0 Å². The Labute approximate surface area is 97.6 Å². The number of rotatable bonds is 0. The van der Waals surface area contributed by atoms with Crippen LogP contribution in [0.3, 0.4) is 0 Å². The summed E-state index contributed by atoms with van der Waals surface area (Å²) in [5.74, 6) is 0. The Kier molecular flexibility index (Phi) is 2.69. The van der Waals surface area contributed by atoms with Gasteiger partial charge in [-0.15, -0.1) is 0 Å². The van der Waals surface area contributed by atoms with Gasteiger partial charge in [0.1, 0.15) is 0 Å². The summed E-state index contributed by atoms with van der Waals surface area (Å²) in [5.41, 5.74) is 6.00. The summed E-state index contributed by atoms with van der Waals surface area (Å²) in [6, 6.07) is 8.73. The van der Waals surface area contributed by atoms with E-state index < -0.39 is 0 Å². The second kappa shape index (κ2) is 4.32. The summed E-state index contributed by atoms with van der Waals surface area (Å²) in [7, 11) is 0. The Morgan fingerprint density at radius 3 is 2.62 bits per heavy atom. The van der Waals surface area contributed by atoms with Crippen molar-refractivity contribution in [2.24, 2.45) is 0 Å². The fourth-order valence-corrected chi connectivity index (χ4v) is 2.86. The fourth-order valence-electron chi connectivity index (χ4n) is 2.86. The van der Waals surface area contributed by atoms with E-state index in [9.17, 15) is 0 Å². The lowest BCUT2D eigenvalue weighted by atomic mass is 9.89. The molecule has 0 unspecified atom stereocenters. The number of para-hydroxylation sites is 1. The quantitative estimate of drug-likeness (QED) is 0.679. The maximum Gasteiger partial charge on any atom is 0.0417 e. The molecule has 1 heterocycles. The van der Waals surface area contributed by atoms with Crippen molar-refractivity contribution in [2.45, 2.75) is 44.9 Å². The van der Waals surface area contributed by atoms with E-state index in [-0.39, 0.29) is 0 Å². The highest BCUT2D eigenvalue weighted by atomic mass is 14.9. The van der Waals surface area contributed by atoms with Crippen LogP contribution in [0, 0.1) is 0 Å². The number of anilines is 1. The molecular formula is C15H19N. The maximum absolute atomic E-state index is 3.65. The van der Waals surface area contributed by atoms with E-state index in [0.717, 1.165) is 0 Å². The second-order valence-electron chi connectivity index (χ2n) is 4.96. The molecule has 1 heteroatoms. The van der Waals surface area contributed by atoms with Gasteiger partial charge in [-0.05, 0) is 49.3 Å². The Morgan fingerprint density at radius 2 is 1.69 bits per heavy atom. The zero-order chi connectivity index (χ0) is 10.8. The monoisotopic (exact) mass is 213 g/mol. The Balaban J connectivity index is 1.90. The van der Waals surface area contributed by atoms with E-state index >= 15 is 0 Å². The molecule has 0 radical (unpaired) electrons. The fraction of sp³-hybridized carbons (Fsp3) is 0.467. The van der Waals surface area contributed by atoms with Gasteiger partial charge in [0.15, 0.2) is 0 Å². The van der Waals surface area contributed by atoms with Crippen LogP contribution >= 0.6 is 0 Å². The van der Waals surface area contributed by atoms with Crippen molar-refractivity contribution in [3.8, 4) is 0 Å². The molecule has 3 rings (SSSR count). The van der Waals surface area contributed by atoms with Crippen molar-refractivity contribution in [1.82, 2.24) is 0 Å². The lowest BCUT2D eigenvalue weighted by Crippen LogP contribution is -2.14. The first-order chi connectivity index (χ1) is 7.93. The minimum absolute atomic E-state index is 1.18. The lowest BCUT2D eigenvalue weighted by Gasteiger charge is -2.26. The van der Waals surface area contributed by atoms with Gasteiger partial charge in [0, 0.05) is 11.4 Å². The minimum Gasteiger partial charge on any atom is -0.359 e. The van der Waals surface area contributed by atoms with Crippen molar-refractivity contribution < 1.29 is 0 Å². The normalized spacial score (nSPS) is 20.2. The van der Waals surface area contributed by atoms with E-state index in [4.69, 9.17) is 0 Å². The molecule has 1 aliphatic heterocycles. The third kappa shape index (κ3) is 1.87. The van der Waals surface area contributed by atoms with Crippen LogP contribution in [0.2, 0.25) is 0 Å². The molecule has 0 spiro atoms. The van der Waals surface area contributed by atoms with E-state index in [2.05, 4.69) is 29.6 Å². The molecule has 1 aromatic rings. The SMILES string of the molecule is c1ccc2c(c1)CC1=C(CCCCCC1)N2. The van der Waals surface area contributed by atoms with E-state index in [1.54, 1.807) is 5.57 Å². The molecule has 1 N–H and O–H groups in total. The standard InChI is InChI=1S/C15H19N/c1-2-4-9-14-12(7-3-1)11-13-8-5-6-10-15(13)16-14/h5-6,8,10,16H,1-4,7,9,11H2. The predicted octanol–water partition coefficient (Wildman–Crippen LogP) is 4.26. The van der Waals surface area contributed by atoms with Crippen LogP contribution < -0.4 is 5.32 Å². The molecule has 0 fully saturated rings. The number of benzene rings is 1. The smallest absolute Gasteiger partial charge is 0.0417 e. The van der Waals surface area contributed by atoms with Gasteiger partial charge < -0.3 is 5.32 Å². The summed E-state index contributed by atoms with van der Waals surface area (Å²) in [6.45, 7) is 0. The van der Waals surface area contributed by atoms with Gasteiger partial charge in [0.2, 0.25) is 0 Å². The van der Waals surface area contributed by atoms with Crippen LogP contribution in [0.5, 0.6) is 0 Å². The second-order valence-corrected chi connectivity index (χ2v) is 4.96. The van der Waals surface area contributed by atoms with Gasteiger partial charge in [0.05, 0.1) is 0 Å². The van der Waals surface area contributed by atoms with Crippen molar-refractivity contribution in [3.63, 3.8) is 0 Å². The van der Waals surface area contributed by atoms with Crippen molar-refractivity contribution >= 4 is 5.69 Å². The summed E-state index contributed by atoms with van der Waals surface area (Å²) in [6.07, 6.45) is 9.29. The van der Waals surface area contributed by atoms with Crippen LogP contribution in [0.15, 0.2) is 35.5 Å². The first kappa shape index (κ1) is 9.95. The molecule has 0 saturated carbocycles. The van der Waals surface area contributed by atoms with Crippen LogP contribution in [-0.4, -0.2) is 0 Å². The van der Waals surface area contributed by atoms with Crippen LogP contribution in [0.25, 0.3) is 0 Å². The van der Waals surface area contributed by atoms with Gasteiger partial charge >= 0.3 is 0 Å². The topological polar surface area (TPSA) is 12.0 Å². The van der Waals surface area contributed by atoms with Crippen molar-refractivity contribution in [2.75, 3.05) is 5.32 Å². The highest BCUT2D eigenvalue weighted by Crippen LogP contribution is 2.33. The van der Waals surface area contributed by atoms with Gasteiger partial charge in [-0.2, -0.15) is 0 Å². The highest BCUT2D eigenvalue weighted by molar-refractivity contribution is 5.60. The molecule has 0 aromatic heterocycles. The van der Waals surface area contributed by atoms with Crippen LogP contribution in [-0.2, 0) is 6.42 Å². The Morgan fingerprint density at radius 1 is 0.875 bits per heavy atom. The zero-order valence-corrected chi connectivity index (χ0v) is 9.76. The van der Waals surface area contributed by atoms with Gasteiger partial charge in [-0.25, -0.2) is 0 Å². The summed E-state index contributed by atoms with van der Waals surface area (Å²) < 4.78 is 0. The summed E-state index contributed by atoms with van der Waals surface area (Å²) >= 11 is 0. The highest BCUT2D eigenvalue weighted by Gasteiger charge is 2.17. The molecular weight excluding hydrogens is 194 g/mol. The van der Waals surface area contributed by atoms with Gasteiger partial charge in [-0.1, -0.05) is 31.0 Å². The molecule has 1 aromatic carbocycles. The van der Waals surface area contributed by atoms with Crippen LogP contribution in [0.1, 0.15) is 44.1 Å². The van der Waals surface area contributed by atoms with E-state index in [0.29, 0.717) is 0 Å². The third-order valence-electron chi connectivity index (χ3n) is 3.79. The molecule has 1 nitrogen and oxygen atoms in total. The Bertz CT molecular complexity index is 378. The molecule has 0 amide bonds. The summed E-state index contributed by atoms with van der Waals surface area (Å²) in [4.78, 5) is 0. The third-order valence-corrected chi connectivity index (χ3v) is 3.79. The first-order valence-electron chi connectivity index (χ1n) is 6.49. The number of allylic oxidation sites excluding steroid dienone is 2.